The molecule has 3 amide bonds. The summed E-state index contributed by atoms with van der Waals surface area (Å²) in [4.78, 5) is 40.7. The maximum Gasteiger partial charge on any atom is 0.269 e. The van der Waals surface area contributed by atoms with Crippen LogP contribution in [0.25, 0.3) is 0 Å². The van der Waals surface area contributed by atoms with Crippen molar-refractivity contribution in [3.8, 4) is 17.2 Å². The molecule has 3 rings (SSSR count). The average molecular weight is 484 g/mol. The Morgan fingerprint density at radius 2 is 1.69 bits per heavy atom. The largest absolute Gasteiger partial charge is 0.496 e. The van der Waals surface area contributed by atoms with E-state index >= 15 is 0 Å². The number of methoxy groups -OCH3 is 3. The summed E-state index contributed by atoms with van der Waals surface area (Å²) in [6.07, 6.45) is 2.36. The molecular formula is C26H33N3O6. The molecule has 2 atom stereocenters. The number of piperidine rings is 1. The van der Waals surface area contributed by atoms with Crippen LogP contribution in [0.15, 0.2) is 42.5 Å². The van der Waals surface area contributed by atoms with E-state index in [-0.39, 0.29) is 18.2 Å². The second kappa shape index (κ2) is 12.1. The molecule has 2 aromatic rings. The number of likely N-dealkylation sites (tertiary alicyclic amines) is 1. The zero-order valence-electron chi connectivity index (χ0n) is 20.6. The average Bonchev–Trinajstić information content (AvgIpc) is 2.90. The Hall–Kier alpha value is -3.75. The number of hydrazine groups is 1. The summed E-state index contributed by atoms with van der Waals surface area (Å²) < 4.78 is 16.0. The molecule has 2 N–H and O–H groups in total. The van der Waals surface area contributed by atoms with E-state index in [2.05, 4.69) is 17.8 Å². The van der Waals surface area contributed by atoms with Crippen molar-refractivity contribution >= 4 is 17.7 Å². The summed E-state index contributed by atoms with van der Waals surface area (Å²) in [6.45, 7) is 2.60. The first-order valence-electron chi connectivity index (χ1n) is 11.7. The number of benzene rings is 2. The minimum absolute atomic E-state index is 0.00719. The first-order chi connectivity index (χ1) is 16.9. The molecule has 2 unspecified atom stereocenters. The summed E-state index contributed by atoms with van der Waals surface area (Å²) in [6, 6.07) is 11.6. The van der Waals surface area contributed by atoms with E-state index in [1.807, 2.05) is 24.3 Å². The molecule has 0 spiro atoms. The number of unbranched alkanes of at least 4 members (excludes halogenated alkanes) is 1. The second-order valence-corrected chi connectivity index (χ2v) is 8.29. The van der Waals surface area contributed by atoms with E-state index in [0.717, 1.165) is 18.4 Å². The molecule has 2 aromatic carbocycles. The molecule has 9 nitrogen and oxygen atoms in total. The van der Waals surface area contributed by atoms with Crippen molar-refractivity contribution in [2.75, 3.05) is 27.9 Å². The third-order valence-corrected chi connectivity index (χ3v) is 6.20. The maximum atomic E-state index is 13.3. The van der Waals surface area contributed by atoms with E-state index < -0.39 is 17.9 Å². The Morgan fingerprint density at radius 3 is 2.37 bits per heavy atom. The van der Waals surface area contributed by atoms with Gasteiger partial charge in [-0.3, -0.25) is 25.2 Å². The van der Waals surface area contributed by atoms with E-state index in [0.29, 0.717) is 35.8 Å². The van der Waals surface area contributed by atoms with E-state index in [9.17, 15) is 14.4 Å². The quantitative estimate of drug-likeness (QED) is 0.531. The fourth-order valence-corrected chi connectivity index (χ4v) is 4.38. The van der Waals surface area contributed by atoms with Crippen LogP contribution in [0.4, 0.5) is 0 Å². The monoisotopic (exact) mass is 483 g/mol. The third-order valence-electron chi connectivity index (χ3n) is 6.20. The molecule has 35 heavy (non-hydrogen) atoms. The van der Waals surface area contributed by atoms with Crippen molar-refractivity contribution in [1.29, 1.82) is 0 Å². The SMILES string of the molecule is CCCCN1C(=O)CCC(C(=O)NNC(=O)c2ccc(OC)c(OC)c2)C1c1ccccc1OC. The Balaban J connectivity index is 1.82. The molecule has 9 heteroatoms. The van der Waals surface area contributed by atoms with Crippen molar-refractivity contribution in [3.05, 3.63) is 53.6 Å². The highest BCUT2D eigenvalue weighted by molar-refractivity contribution is 5.96. The number of carbonyl (C=O) groups excluding carboxylic acids is 3. The standard InChI is InChI=1S/C26H33N3O6/c1-5-6-15-29-23(30)14-12-19(24(29)18-9-7-8-10-20(18)33-2)26(32)28-27-25(31)17-11-13-21(34-3)22(16-17)35-4/h7-11,13,16,19,24H,5-6,12,14-15H2,1-4H3,(H,27,31)(H,28,32). The van der Waals surface area contributed by atoms with E-state index in [1.54, 1.807) is 24.1 Å². The minimum Gasteiger partial charge on any atom is -0.496 e. The molecular weight excluding hydrogens is 450 g/mol. The molecule has 1 aliphatic rings. The van der Waals surface area contributed by atoms with Gasteiger partial charge in [0.1, 0.15) is 5.75 Å². The van der Waals surface area contributed by atoms with Gasteiger partial charge in [-0.1, -0.05) is 31.5 Å². The summed E-state index contributed by atoms with van der Waals surface area (Å²) in [7, 11) is 4.56. The zero-order chi connectivity index (χ0) is 25.4. The first-order valence-corrected chi connectivity index (χ1v) is 11.7. The molecule has 0 saturated carbocycles. The maximum absolute atomic E-state index is 13.3. The van der Waals surface area contributed by atoms with Gasteiger partial charge in [-0.15, -0.1) is 0 Å². The first kappa shape index (κ1) is 25.9. The van der Waals surface area contributed by atoms with Crippen molar-refractivity contribution in [2.24, 2.45) is 5.92 Å². The molecule has 1 fully saturated rings. The Labute approximate surface area is 205 Å². The van der Waals surface area contributed by atoms with Gasteiger partial charge in [-0.05, 0) is 37.1 Å². The van der Waals surface area contributed by atoms with Crippen LogP contribution in [0.2, 0.25) is 0 Å². The Morgan fingerprint density at radius 1 is 0.971 bits per heavy atom. The Kier molecular flexibility index (Phi) is 8.94. The molecule has 1 aliphatic heterocycles. The van der Waals surface area contributed by atoms with Gasteiger partial charge in [0.05, 0.1) is 33.3 Å². The highest BCUT2D eigenvalue weighted by Gasteiger charge is 2.41. The molecule has 1 heterocycles. The van der Waals surface area contributed by atoms with Gasteiger partial charge in [-0.2, -0.15) is 0 Å². The summed E-state index contributed by atoms with van der Waals surface area (Å²) >= 11 is 0. The minimum atomic E-state index is -0.563. The van der Waals surface area contributed by atoms with Crippen LogP contribution in [0.5, 0.6) is 17.2 Å². The predicted octanol–water partition coefficient (Wildman–Crippen LogP) is 3.25. The van der Waals surface area contributed by atoms with Gasteiger partial charge in [0.15, 0.2) is 11.5 Å². The van der Waals surface area contributed by atoms with Crippen LogP contribution in [0, 0.1) is 5.92 Å². The van der Waals surface area contributed by atoms with Crippen LogP contribution in [-0.4, -0.2) is 50.5 Å². The topological polar surface area (TPSA) is 106 Å². The lowest BCUT2D eigenvalue weighted by molar-refractivity contribution is -0.143. The van der Waals surface area contributed by atoms with Gasteiger partial charge in [-0.25, -0.2) is 0 Å². The fourth-order valence-electron chi connectivity index (χ4n) is 4.38. The van der Waals surface area contributed by atoms with Crippen LogP contribution in [0.3, 0.4) is 0 Å². The number of carbonyl (C=O) groups is 3. The fraction of sp³-hybridized carbons (Fsp3) is 0.423. The molecule has 188 valence electrons. The zero-order valence-corrected chi connectivity index (χ0v) is 20.6. The van der Waals surface area contributed by atoms with Crippen LogP contribution in [0.1, 0.15) is 54.6 Å². The smallest absolute Gasteiger partial charge is 0.269 e. The van der Waals surface area contributed by atoms with Crippen LogP contribution in [-0.2, 0) is 9.59 Å². The molecule has 0 aliphatic carbocycles. The lowest BCUT2D eigenvalue weighted by Crippen LogP contribution is -2.51. The summed E-state index contributed by atoms with van der Waals surface area (Å²) in [5.41, 5.74) is 6.11. The molecule has 0 bridgehead atoms. The lowest BCUT2D eigenvalue weighted by atomic mass is 9.83. The predicted molar refractivity (Wildman–Crippen MR) is 130 cm³/mol. The van der Waals surface area contributed by atoms with Gasteiger partial charge < -0.3 is 19.1 Å². The van der Waals surface area contributed by atoms with E-state index in [1.165, 1.54) is 20.3 Å². The summed E-state index contributed by atoms with van der Waals surface area (Å²) in [5, 5.41) is 0. The number of nitrogens with one attached hydrogen (secondary N) is 2. The number of ether oxygens (including phenoxy) is 3. The molecule has 0 aromatic heterocycles. The molecule has 0 radical (unpaired) electrons. The third kappa shape index (κ3) is 5.85. The number of rotatable bonds is 9. The van der Waals surface area contributed by atoms with Crippen molar-refractivity contribution in [3.63, 3.8) is 0 Å². The van der Waals surface area contributed by atoms with Crippen LogP contribution >= 0.6 is 0 Å². The number of nitrogens with zero attached hydrogens (tertiary/aromatic N) is 1. The summed E-state index contributed by atoms with van der Waals surface area (Å²) in [5.74, 6) is 0.0821. The van der Waals surface area contributed by atoms with Gasteiger partial charge in [0, 0.05) is 24.1 Å². The molecule has 1 saturated heterocycles. The van der Waals surface area contributed by atoms with Crippen molar-refractivity contribution in [2.45, 2.75) is 38.6 Å². The van der Waals surface area contributed by atoms with Gasteiger partial charge in [0.25, 0.3) is 5.91 Å². The number of hydrogen-bond acceptors (Lipinski definition) is 6. The van der Waals surface area contributed by atoms with Crippen LogP contribution < -0.4 is 25.1 Å². The highest BCUT2D eigenvalue weighted by Crippen LogP contribution is 2.40. The van der Waals surface area contributed by atoms with Crippen molar-refractivity contribution in [1.82, 2.24) is 15.8 Å². The Bertz CT molecular complexity index is 1060. The van der Waals surface area contributed by atoms with Gasteiger partial charge >= 0.3 is 0 Å². The van der Waals surface area contributed by atoms with Crippen molar-refractivity contribution < 1.29 is 28.6 Å². The van der Waals surface area contributed by atoms with Gasteiger partial charge in [0.2, 0.25) is 11.8 Å². The number of para-hydroxylation sites is 1. The van der Waals surface area contributed by atoms with E-state index in [4.69, 9.17) is 14.2 Å². The number of hydrogen-bond donors (Lipinski definition) is 2. The lowest BCUT2D eigenvalue weighted by Gasteiger charge is -2.41. The normalized spacial score (nSPS) is 17.5. The number of amides is 3. The highest BCUT2D eigenvalue weighted by atomic mass is 16.5. The second-order valence-electron chi connectivity index (χ2n) is 8.29.